The van der Waals surface area contributed by atoms with Crippen LogP contribution < -0.4 is 5.32 Å². The first-order chi connectivity index (χ1) is 3.43. The van der Waals surface area contributed by atoms with Crippen molar-refractivity contribution in [2.45, 2.75) is 0 Å². The molecule has 0 saturated carbocycles. The minimum absolute atomic E-state index is 1.07. The highest BCUT2D eigenvalue weighted by Gasteiger charge is 1.82. The second-order valence-corrected chi connectivity index (χ2v) is 1.99. The van der Waals surface area contributed by atoms with Crippen molar-refractivity contribution in [2.75, 3.05) is 7.05 Å². The summed E-state index contributed by atoms with van der Waals surface area (Å²) in [4.78, 5) is 0. The monoisotopic (exact) mass is 112 g/mol. The van der Waals surface area contributed by atoms with E-state index in [1.165, 1.54) is 0 Å². The summed E-state index contributed by atoms with van der Waals surface area (Å²) in [5.41, 5.74) is 1.07. The molecule has 0 fully saturated rings. The Labute approximate surface area is 47.0 Å². The van der Waals surface area contributed by atoms with Gasteiger partial charge in [-0.05, 0) is 11.4 Å². The van der Waals surface area contributed by atoms with Gasteiger partial charge in [-0.2, -0.15) is 11.3 Å². The van der Waals surface area contributed by atoms with Gasteiger partial charge >= 0.3 is 0 Å². The van der Waals surface area contributed by atoms with Gasteiger partial charge in [0.2, 0.25) is 0 Å². The Morgan fingerprint density at radius 3 is 2.86 bits per heavy atom. The Balaban J connectivity index is 2.76. The average Bonchev–Trinajstić information content (AvgIpc) is 2.14. The van der Waals surface area contributed by atoms with Gasteiger partial charge < -0.3 is 0 Å². The highest BCUT2D eigenvalue weighted by Crippen LogP contribution is 2.09. The lowest BCUT2D eigenvalue weighted by molar-refractivity contribution is 1.10. The molecule has 0 amide bonds. The third kappa shape index (κ3) is 0.933. The molecule has 2 heteroatoms. The van der Waals surface area contributed by atoms with E-state index in [2.05, 4.69) is 5.32 Å². The second kappa shape index (κ2) is 1.98. The Morgan fingerprint density at radius 2 is 2.57 bits per heavy atom. The minimum Gasteiger partial charge on any atom is -0.288 e. The zero-order valence-electron chi connectivity index (χ0n) is 4.09. The molecule has 0 spiro atoms. The van der Waals surface area contributed by atoms with Crippen molar-refractivity contribution in [1.29, 1.82) is 0 Å². The Hall–Kier alpha value is -0.500. The summed E-state index contributed by atoms with van der Waals surface area (Å²) in [7, 11) is 1.79. The first-order valence-corrected chi connectivity index (χ1v) is 3.00. The van der Waals surface area contributed by atoms with Crippen molar-refractivity contribution in [1.82, 2.24) is 5.32 Å². The van der Waals surface area contributed by atoms with Gasteiger partial charge in [0, 0.05) is 12.4 Å². The first-order valence-electron chi connectivity index (χ1n) is 2.05. The van der Waals surface area contributed by atoms with Crippen LogP contribution >= 0.6 is 11.3 Å². The summed E-state index contributed by atoms with van der Waals surface area (Å²) in [5.74, 6) is 0. The molecule has 0 N–H and O–H groups in total. The van der Waals surface area contributed by atoms with Crippen LogP contribution in [0.4, 0.5) is 5.69 Å². The molecular formula is C5H6NS. The number of rotatable bonds is 1. The molecule has 1 aromatic heterocycles. The molecule has 1 rings (SSSR count). The first kappa shape index (κ1) is 4.65. The smallest absolute Gasteiger partial charge is 0.0677 e. The maximum absolute atomic E-state index is 3.94. The average molecular weight is 112 g/mol. The summed E-state index contributed by atoms with van der Waals surface area (Å²) in [6.45, 7) is 0. The number of nitrogens with zero attached hydrogens (tertiary/aromatic N) is 1. The lowest BCUT2D eigenvalue weighted by Gasteiger charge is -1.81. The molecule has 1 aromatic rings. The quantitative estimate of drug-likeness (QED) is 0.524. The molecule has 0 saturated heterocycles. The summed E-state index contributed by atoms with van der Waals surface area (Å²) >= 11 is 1.67. The van der Waals surface area contributed by atoms with Crippen LogP contribution in [0.15, 0.2) is 16.8 Å². The molecule has 0 aliphatic rings. The normalized spacial score (nSPS) is 8.71. The lowest BCUT2D eigenvalue weighted by Crippen LogP contribution is -1.79. The van der Waals surface area contributed by atoms with Crippen molar-refractivity contribution in [3.8, 4) is 0 Å². The predicted molar refractivity (Wildman–Crippen MR) is 32.0 cm³/mol. The van der Waals surface area contributed by atoms with Crippen LogP contribution in [-0.4, -0.2) is 7.05 Å². The maximum atomic E-state index is 3.94. The zero-order valence-corrected chi connectivity index (χ0v) is 4.90. The summed E-state index contributed by atoms with van der Waals surface area (Å²) < 4.78 is 0. The highest BCUT2D eigenvalue weighted by atomic mass is 32.1. The molecule has 0 aliphatic heterocycles. The molecule has 1 heterocycles. The van der Waals surface area contributed by atoms with Crippen LogP contribution in [0.1, 0.15) is 0 Å². The van der Waals surface area contributed by atoms with Crippen LogP contribution in [0.2, 0.25) is 0 Å². The van der Waals surface area contributed by atoms with Crippen molar-refractivity contribution >= 4 is 17.0 Å². The Morgan fingerprint density at radius 1 is 1.71 bits per heavy atom. The van der Waals surface area contributed by atoms with Crippen molar-refractivity contribution < 1.29 is 0 Å². The molecule has 1 radical (unpaired) electrons. The summed E-state index contributed by atoms with van der Waals surface area (Å²) in [6, 6.07) is 1.99. The molecule has 0 bridgehead atoms. The SMILES string of the molecule is C[N]c1ccsc1. The van der Waals surface area contributed by atoms with E-state index < -0.39 is 0 Å². The fourth-order valence-electron chi connectivity index (χ4n) is 0.385. The van der Waals surface area contributed by atoms with Gasteiger partial charge in [-0.25, -0.2) is 0 Å². The lowest BCUT2D eigenvalue weighted by atomic mass is 10.5. The van der Waals surface area contributed by atoms with Crippen LogP contribution in [0.5, 0.6) is 0 Å². The molecule has 0 aromatic carbocycles. The zero-order chi connectivity index (χ0) is 5.11. The maximum Gasteiger partial charge on any atom is 0.0677 e. The molecule has 1 nitrogen and oxygen atoms in total. The third-order valence-corrected chi connectivity index (χ3v) is 1.44. The van der Waals surface area contributed by atoms with E-state index in [-0.39, 0.29) is 0 Å². The Kier molecular flexibility index (Phi) is 1.32. The van der Waals surface area contributed by atoms with E-state index >= 15 is 0 Å². The molecular weight excluding hydrogens is 106 g/mol. The van der Waals surface area contributed by atoms with Crippen molar-refractivity contribution in [3.05, 3.63) is 16.8 Å². The fourth-order valence-corrected chi connectivity index (χ4v) is 1.00. The van der Waals surface area contributed by atoms with E-state index in [1.807, 2.05) is 16.8 Å². The Bertz CT molecular complexity index is 123. The largest absolute Gasteiger partial charge is 0.288 e. The molecule has 37 valence electrons. The van der Waals surface area contributed by atoms with Gasteiger partial charge in [-0.3, -0.25) is 5.32 Å². The molecule has 0 atom stereocenters. The van der Waals surface area contributed by atoms with Crippen LogP contribution in [0, 0.1) is 0 Å². The van der Waals surface area contributed by atoms with Crippen LogP contribution in [0.25, 0.3) is 0 Å². The van der Waals surface area contributed by atoms with Gasteiger partial charge in [0.05, 0.1) is 5.69 Å². The van der Waals surface area contributed by atoms with Gasteiger partial charge in [-0.15, -0.1) is 0 Å². The van der Waals surface area contributed by atoms with Gasteiger partial charge in [0.15, 0.2) is 0 Å². The standard InChI is InChI=1S/C5H6NS/c1-6-5-2-3-7-4-5/h2-4H,1H3. The van der Waals surface area contributed by atoms with Crippen LogP contribution in [-0.2, 0) is 0 Å². The molecule has 0 unspecified atom stereocenters. The fraction of sp³-hybridized carbons (Fsp3) is 0.200. The third-order valence-electron chi connectivity index (χ3n) is 0.764. The summed E-state index contributed by atoms with van der Waals surface area (Å²) in [5, 5.41) is 7.97. The second-order valence-electron chi connectivity index (χ2n) is 1.21. The van der Waals surface area contributed by atoms with Gasteiger partial charge in [0.25, 0.3) is 0 Å². The van der Waals surface area contributed by atoms with Gasteiger partial charge in [0.1, 0.15) is 0 Å². The van der Waals surface area contributed by atoms with Crippen molar-refractivity contribution in [2.24, 2.45) is 0 Å². The molecule has 7 heavy (non-hydrogen) atoms. The van der Waals surface area contributed by atoms with E-state index in [1.54, 1.807) is 18.4 Å². The highest BCUT2D eigenvalue weighted by molar-refractivity contribution is 7.08. The number of hydrogen-bond donors (Lipinski definition) is 0. The van der Waals surface area contributed by atoms with Crippen LogP contribution in [0.3, 0.4) is 0 Å². The van der Waals surface area contributed by atoms with E-state index in [4.69, 9.17) is 0 Å². The molecule has 0 aliphatic carbocycles. The summed E-state index contributed by atoms with van der Waals surface area (Å²) in [6.07, 6.45) is 0. The van der Waals surface area contributed by atoms with E-state index in [0.29, 0.717) is 0 Å². The number of hydrogen-bond acceptors (Lipinski definition) is 1. The topological polar surface area (TPSA) is 14.1 Å². The van der Waals surface area contributed by atoms with Gasteiger partial charge in [-0.1, -0.05) is 0 Å². The minimum atomic E-state index is 1.07. The number of thiophene rings is 1. The van der Waals surface area contributed by atoms with Crippen molar-refractivity contribution in [3.63, 3.8) is 0 Å². The van der Waals surface area contributed by atoms with E-state index in [0.717, 1.165) is 5.69 Å². The predicted octanol–water partition coefficient (Wildman–Crippen LogP) is 1.61. The van der Waals surface area contributed by atoms with E-state index in [9.17, 15) is 0 Å².